The summed E-state index contributed by atoms with van der Waals surface area (Å²) >= 11 is 5.95. The summed E-state index contributed by atoms with van der Waals surface area (Å²) in [4.78, 5) is 12.3. The zero-order chi connectivity index (χ0) is 16.1. The molecule has 22 heavy (non-hydrogen) atoms. The molecule has 0 saturated carbocycles. The van der Waals surface area contributed by atoms with E-state index in [-0.39, 0.29) is 5.91 Å². The lowest BCUT2D eigenvalue weighted by atomic mass is 10.2. The first-order chi connectivity index (χ1) is 10.5. The third-order valence-electron chi connectivity index (χ3n) is 3.20. The van der Waals surface area contributed by atoms with Gasteiger partial charge in [-0.3, -0.25) is 4.79 Å². The molecule has 2 aromatic carbocycles. The highest BCUT2D eigenvalue weighted by Gasteiger charge is 2.17. The SMILES string of the molecule is COc1ccccc1O[C@H](C)C(=O)Nc1cc(Cl)ccc1C. The molecule has 0 aliphatic heterocycles. The molecule has 0 aliphatic carbocycles. The van der Waals surface area contributed by atoms with Crippen molar-refractivity contribution in [2.24, 2.45) is 0 Å². The van der Waals surface area contributed by atoms with Gasteiger partial charge < -0.3 is 14.8 Å². The van der Waals surface area contributed by atoms with Gasteiger partial charge in [-0.1, -0.05) is 29.8 Å². The molecular weight excluding hydrogens is 302 g/mol. The number of carbonyl (C=O) groups is 1. The average Bonchev–Trinajstić information content (AvgIpc) is 2.51. The van der Waals surface area contributed by atoms with E-state index in [1.54, 1.807) is 38.3 Å². The largest absolute Gasteiger partial charge is 0.493 e. The first kappa shape index (κ1) is 16.2. The Hall–Kier alpha value is -2.20. The third kappa shape index (κ3) is 3.92. The van der Waals surface area contributed by atoms with Gasteiger partial charge in [0.05, 0.1) is 7.11 Å². The molecule has 0 fully saturated rings. The summed E-state index contributed by atoms with van der Waals surface area (Å²) in [5, 5.41) is 3.39. The van der Waals surface area contributed by atoms with Crippen LogP contribution in [-0.2, 0) is 4.79 Å². The number of ether oxygens (including phenoxy) is 2. The number of benzene rings is 2. The molecule has 0 saturated heterocycles. The molecule has 0 aromatic heterocycles. The van der Waals surface area contributed by atoms with Crippen LogP contribution in [0.25, 0.3) is 0 Å². The minimum atomic E-state index is -0.672. The molecule has 0 aliphatic rings. The predicted molar refractivity (Wildman–Crippen MR) is 87.9 cm³/mol. The number of methoxy groups -OCH3 is 1. The lowest BCUT2D eigenvalue weighted by Crippen LogP contribution is -2.30. The van der Waals surface area contributed by atoms with Gasteiger partial charge in [-0.15, -0.1) is 0 Å². The Labute approximate surface area is 135 Å². The van der Waals surface area contributed by atoms with Crippen molar-refractivity contribution in [3.63, 3.8) is 0 Å². The standard InChI is InChI=1S/C17H18ClNO3/c1-11-8-9-13(18)10-14(11)19-17(20)12(2)22-16-7-5-4-6-15(16)21-3/h4-10,12H,1-3H3,(H,19,20)/t12-/m1/s1. The average molecular weight is 320 g/mol. The zero-order valence-electron chi connectivity index (χ0n) is 12.7. The number of rotatable bonds is 5. The van der Waals surface area contributed by atoms with Crippen LogP contribution >= 0.6 is 11.6 Å². The lowest BCUT2D eigenvalue weighted by Gasteiger charge is -2.17. The molecule has 2 rings (SSSR count). The number of para-hydroxylation sites is 2. The van der Waals surface area contributed by atoms with E-state index in [0.717, 1.165) is 5.56 Å². The number of amides is 1. The molecule has 0 unspecified atom stereocenters. The highest BCUT2D eigenvalue weighted by atomic mass is 35.5. The van der Waals surface area contributed by atoms with Gasteiger partial charge in [-0.2, -0.15) is 0 Å². The molecule has 1 N–H and O–H groups in total. The van der Waals surface area contributed by atoms with Crippen molar-refractivity contribution in [2.45, 2.75) is 20.0 Å². The highest BCUT2D eigenvalue weighted by Crippen LogP contribution is 2.27. The monoisotopic (exact) mass is 319 g/mol. The fourth-order valence-corrected chi connectivity index (χ4v) is 2.10. The summed E-state index contributed by atoms with van der Waals surface area (Å²) in [6.07, 6.45) is -0.672. The molecule has 4 nitrogen and oxygen atoms in total. The van der Waals surface area contributed by atoms with E-state index in [0.29, 0.717) is 22.2 Å². The summed E-state index contributed by atoms with van der Waals surface area (Å²) < 4.78 is 10.9. The number of nitrogens with one attached hydrogen (secondary N) is 1. The van der Waals surface area contributed by atoms with Gasteiger partial charge in [-0.05, 0) is 43.7 Å². The quantitative estimate of drug-likeness (QED) is 0.904. The van der Waals surface area contributed by atoms with Crippen LogP contribution in [0.2, 0.25) is 5.02 Å². The van der Waals surface area contributed by atoms with E-state index in [2.05, 4.69) is 5.32 Å². The van der Waals surface area contributed by atoms with E-state index in [1.807, 2.05) is 25.1 Å². The molecule has 0 spiro atoms. The number of carbonyl (C=O) groups excluding carboxylic acids is 1. The fraction of sp³-hybridized carbons (Fsp3) is 0.235. The van der Waals surface area contributed by atoms with Crippen molar-refractivity contribution in [3.05, 3.63) is 53.1 Å². The van der Waals surface area contributed by atoms with Gasteiger partial charge in [0.1, 0.15) is 0 Å². The second-order valence-electron chi connectivity index (χ2n) is 4.86. The molecule has 1 atom stereocenters. The molecule has 1 amide bonds. The number of anilines is 1. The lowest BCUT2D eigenvalue weighted by molar-refractivity contribution is -0.122. The molecule has 0 bridgehead atoms. The van der Waals surface area contributed by atoms with Gasteiger partial charge >= 0.3 is 0 Å². The minimum absolute atomic E-state index is 0.253. The second kappa shape index (κ2) is 7.18. The van der Waals surface area contributed by atoms with Gasteiger partial charge in [0, 0.05) is 10.7 Å². The van der Waals surface area contributed by atoms with Crippen LogP contribution in [0.1, 0.15) is 12.5 Å². The fourth-order valence-electron chi connectivity index (χ4n) is 1.92. The van der Waals surface area contributed by atoms with Crippen LogP contribution < -0.4 is 14.8 Å². The Balaban J connectivity index is 2.07. The van der Waals surface area contributed by atoms with E-state index in [1.165, 1.54) is 0 Å². The smallest absolute Gasteiger partial charge is 0.265 e. The van der Waals surface area contributed by atoms with Crippen LogP contribution in [0.5, 0.6) is 11.5 Å². The molecule has 0 radical (unpaired) electrons. The van der Waals surface area contributed by atoms with Crippen molar-refractivity contribution in [1.82, 2.24) is 0 Å². The van der Waals surface area contributed by atoms with Crippen LogP contribution in [-0.4, -0.2) is 19.1 Å². The summed E-state index contributed by atoms with van der Waals surface area (Å²) in [6.45, 7) is 3.58. The minimum Gasteiger partial charge on any atom is -0.493 e. The van der Waals surface area contributed by atoms with Gasteiger partial charge in [0.2, 0.25) is 0 Å². The summed E-state index contributed by atoms with van der Waals surface area (Å²) in [5.74, 6) is 0.854. The molecular formula is C17H18ClNO3. The maximum atomic E-state index is 12.3. The Morgan fingerprint density at radius 2 is 1.86 bits per heavy atom. The summed E-state index contributed by atoms with van der Waals surface area (Å²) in [5.41, 5.74) is 1.61. The third-order valence-corrected chi connectivity index (χ3v) is 3.43. The normalized spacial score (nSPS) is 11.6. The van der Waals surface area contributed by atoms with Gasteiger partial charge in [0.25, 0.3) is 5.91 Å². The first-order valence-electron chi connectivity index (χ1n) is 6.88. The van der Waals surface area contributed by atoms with E-state index >= 15 is 0 Å². The second-order valence-corrected chi connectivity index (χ2v) is 5.30. The molecule has 116 valence electrons. The highest BCUT2D eigenvalue weighted by molar-refractivity contribution is 6.31. The Morgan fingerprint density at radius 3 is 2.55 bits per heavy atom. The first-order valence-corrected chi connectivity index (χ1v) is 7.25. The maximum absolute atomic E-state index is 12.3. The van der Waals surface area contributed by atoms with Crippen LogP contribution in [0.15, 0.2) is 42.5 Å². The van der Waals surface area contributed by atoms with Crippen molar-refractivity contribution >= 4 is 23.2 Å². The Morgan fingerprint density at radius 1 is 1.18 bits per heavy atom. The van der Waals surface area contributed by atoms with Crippen molar-refractivity contribution in [1.29, 1.82) is 0 Å². The van der Waals surface area contributed by atoms with E-state index < -0.39 is 6.10 Å². The van der Waals surface area contributed by atoms with E-state index in [9.17, 15) is 4.79 Å². The van der Waals surface area contributed by atoms with E-state index in [4.69, 9.17) is 21.1 Å². The number of aryl methyl sites for hydroxylation is 1. The molecule has 5 heteroatoms. The number of hydrogen-bond acceptors (Lipinski definition) is 3. The summed E-state index contributed by atoms with van der Waals surface area (Å²) in [6, 6.07) is 12.5. The zero-order valence-corrected chi connectivity index (χ0v) is 13.5. The number of halogens is 1. The van der Waals surface area contributed by atoms with Gasteiger partial charge in [0.15, 0.2) is 17.6 Å². The topological polar surface area (TPSA) is 47.6 Å². The maximum Gasteiger partial charge on any atom is 0.265 e. The van der Waals surface area contributed by atoms with Crippen molar-refractivity contribution in [3.8, 4) is 11.5 Å². The predicted octanol–water partition coefficient (Wildman–Crippen LogP) is 4.06. The van der Waals surface area contributed by atoms with Crippen LogP contribution in [0.3, 0.4) is 0 Å². The van der Waals surface area contributed by atoms with Crippen LogP contribution in [0.4, 0.5) is 5.69 Å². The van der Waals surface area contributed by atoms with Crippen LogP contribution in [0, 0.1) is 6.92 Å². The van der Waals surface area contributed by atoms with Crippen molar-refractivity contribution < 1.29 is 14.3 Å². The Bertz CT molecular complexity index is 673. The molecule has 0 heterocycles. The van der Waals surface area contributed by atoms with Crippen molar-refractivity contribution in [2.75, 3.05) is 12.4 Å². The Kier molecular flexibility index (Phi) is 5.28. The summed E-state index contributed by atoms with van der Waals surface area (Å²) in [7, 11) is 1.56. The molecule has 2 aromatic rings. The van der Waals surface area contributed by atoms with Gasteiger partial charge in [-0.25, -0.2) is 0 Å². The number of hydrogen-bond donors (Lipinski definition) is 1.